The maximum Gasteiger partial charge on any atom is 0.242 e. The first-order valence-corrected chi connectivity index (χ1v) is 9.58. The number of furan rings is 1. The number of methoxy groups -OCH3 is 1. The van der Waals surface area contributed by atoms with Gasteiger partial charge in [-0.3, -0.25) is 4.79 Å². The predicted octanol–water partition coefficient (Wildman–Crippen LogP) is 3.59. The third-order valence-corrected chi connectivity index (χ3v) is 5.85. The van der Waals surface area contributed by atoms with Gasteiger partial charge in [-0.25, -0.2) is 12.7 Å². The maximum atomic E-state index is 12.4. The first kappa shape index (κ1) is 18.9. The monoisotopic (exact) mass is 385 g/mol. The van der Waals surface area contributed by atoms with Crippen LogP contribution < -0.4 is 4.74 Å². The van der Waals surface area contributed by atoms with Gasteiger partial charge in [0, 0.05) is 25.0 Å². The second-order valence-electron chi connectivity index (χ2n) is 6.04. The fourth-order valence-corrected chi connectivity index (χ4v) is 3.52. The van der Waals surface area contributed by atoms with Crippen LogP contribution in [0.5, 0.6) is 5.75 Å². The molecule has 0 saturated heterocycles. The van der Waals surface area contributed by atoms with E-state index in [0.29, 0.717) is 17.1 Å². The second-order valence-corrected chi connectivity index (χ2v) is 8.19. The number of nitrogens with zero attached hydrogens (tertiary/aromatic N) is 1. The van der Waals surface area contributed by atoms with Gasteiger partial charge >= 0.3 is 0 Å². The van der Waals surface area contributed by atoms with E-state index >= 15 is 0 Å². The Hall–Kier alpha value is -2.90. The summed E-state index contributed by atoms with van der Waals surface area (Å²) in [6.45, 7) is 0. The number of hydrogen-bond donors (Lipinski definition) is 0. The molecule has 1 aromatic heterocycles. The summed E-state index contributed by atoms with van der Waals surface area (Å²) in [5.41, 5.74) is 0.883. The molecular weight excluding hydrogens is 366 g/mol. The SMILES string of the molecule is COc1cccc2cc(/C=C/C(=O)c3cccc(S(=O)(=O)N(C)C)c3)oc12. The van der Waals surface area contributed by atoms with Gasteiger partial charge in [0.2, 0.25) is 10.0 Å². The van der Waals surface area contributed by atoms with Crippen molar-refractivity contribution in [2.75, 3.05) is 21.2 Å². The molecule has 0 N–H and O–H groups in total. The van der Waals surface area contributed by atoms with Gasteiger partial charge in [0.25, 0.3) is 0 Å². The average Bonchev–Trinajstić information content (AvgIpc) is 3.09. The topological polar surface area (TPSA) is 76.8 Å². The number of para-hydroxylation sites is 1. The molecule has 0 saturated carbocycles. The molecule has 0 bridgehead atoms. The number of sulfonamides is 1. The van der Waals surface area contributed by atoms with Crippen LogP contribution in [-0.2, 0) is 10.0 Å². The number of hydrogen-bond acceptors (Lipinski definition) is 5. The Bertz CT molecular complexity index is 1130. The van der Waals surface area contributed by atoms with Crippen LogP contribution in [0.1, 0.15) is 16.1 Å². The van der Waals surface area contributed by atoms with Crippen LogP contribution in [0.4, 0.5) is 0 Å². The third-order valence-electron chi connectivity index (χ3n) is 4.04. The van der Waals surface area contributed by atoms with Crippen molar-refractivity contribution in [1.82, 2.24) is 4.31 Å². The molecule has 0 aliphatic rings. The summed E-state index contributed by atoms with van der Waals surface area (Å²) in [6.07, 6.45) is 2.90. The molecule has 3 aromatic rings. The van der Waals surface area contributed by atoms with Crippen LogP contribution in [-0.4, -0.2) is 39.7 Å². The van der Waals surface area contributed by atoms with Crippen molar-refractivity contribution in [3.05, 3.63) is 65.9 Å². The molecule has 1 heterocycles. The zero-order valence-corrected chi connectivity index (χ0v) is 16.0. The van der Waals surface area contributed by atoms with Gasteiger partial charge in [-0.15, -0.1) is 0 Å². The Morgan fingerprint density at radius 1 is 1.11 bits per heavy atom. The van der Waals surface area contributed by atoms with Gasteiger partial charge < -0.3 is 9.15 Å². The highest BCUT2D eigenvalue weighted by Gasteiger charge is 2.18. The summed E-state index contributed by atoms with van der Waals surface area (Å²) in [6, 6.07) is 13.3. The maximum absolute atomic E-state index is 12.4. The molecule has 7 heteroatoms. The number of ketones is 1. The molecule has 0 fully saturated rings. The molecule has 0 aliphatic heterocycles. The molecule has 0 unspecified atom stereocenters. The van der Waals surface area contributed by atoms with Gasteiger partial charge in [-0.05, 0) is 36.4 Å². The highest BCUT2D eigenvalue weighted by Crippen LogP contribution is 2.29. The molecule has 3 rings (SSSR count). The summed E-state index contributed by atoms with van der Waals surface area (Å²) in [5, 5.41) is 0.862. The minimum absolute atomic E-state index is 0.0697. The van der Waals surface area contributed by atoms with Gasteiger partial charge in [0.05, 0.1) is 12.0 Å². The predicted molar refractivity (Wildman–Crippen MR) is 103 cm³/mol. The van der Waals surface area contributed by atoms with Gasteiger partial charge in [0.1, 0.15) is 5.76 Å². The standard InChI is InChI=1S/C20H19NO5S/c1-21(2)27(23,24)17-8-4-6-14(13-17)18(22)11-10-16-12-15-7-5-9-19(25-3)20(15)26-16/h4-13H,1-3H3/b11-10+. The van der Waals surface area contributed by atoms with Crippen LogP contribution in [0.3, 0.4) is 0 Å². The summed E-state index contributed by atoms with van der Waals surface area (Å²) < 4.78 is 36.5. The Kier molecular flexibility index (Phi) is 5.16. The first-order valence-electron chi connectivity index (χ1n) is 8.14. The van der Waals surface area contributed by atoms with E-state index in [-0.39, 0.29) is 16.2 Å². The molecule has 2 aromatic carbocycles. The summed E-state index contributed by atoms with van der Waals surface area (Å²) in [5.74, 6) is 0.790. The number of carbonyl (C=O) groups is 1. The normalized spacial score (nSPS) is 12.1. The fraction of sp³-hybridized carbons (Fsp3) is 0.150. The Labute approximate surface area is 157 Å². The number of carbonyl (C=O) groups excluding carboxylic acids is 1. The Balaban J connectivity index is 1.88. The van der Waals surface area contributed by atoms with Crippen molar-refractivity contribution in [3.63, 3.8) is 0 Å². The molecule has 0 spiro atoms. The molecular formula is C20H19NO5S. The summed E-state index contributed by atoms with van der Waals surface area (Å²) in [4.78, 5) is 12.5. The van der Waals surface area contributed by atoms with E-state index in [1.807, 2.05) is 12.1 Å². The van der Waals surface area contributed by atoms with Crippen molar-refractivity contribution >= 4 is 32.9 Å². The lowest BCUT2D eigenvalue weighted by atomic mass is 10.1. The van der Waals surface area contributed by atoms with E-state index < -0.39 is 10.0 Å². The van der Waals surface area contributed by atoms with Crippen molar-refractivity contribution in [1.29, 1.82) is 0 Å². The minimum Gasteiger partial charge on any atom is -0.493 e. The summed E-state index contributed by atoms with van der Waals surface area (Å²) in [7, 11) is 0.848. The van der Waals surface area contributed by atoms with E-state index in [4.69, 9.17) is 9.15 Å². The molecule has 140 valence electrons. The lowest BCUT2D eigenvalue weighted by molar-refractivity contribution is 0.104. The largest absolute Gasteiger partial charge is 0.493 e. The van der Waals surface area contributed by atoms with E-state index in [1.165, 1.54) is 32.3 Å². The van der Waals surface area contributed by atoms with Crippen LogP contribution in [0.15, 0.2) is 63.9 Å². The molecule has 0 radical (unpaired) electrons. The van der Waals surface area contributed by atoms with Crippen LogP contribution in [0.2, 0.25) is 0 Å². The smallest absolute Gasteiger partial charge is 0.242 e. The van der Waals surface area contributed by atoms with Crippen LogP contribution in [0.25, 0.3) is 17.0 Å². The number of ether oxygens (including phenoxy) is 1. The van der Waals surface area contributed by atoms with E-state index in [9.17, 15) is 13.2 Å². The van der Waals surface area contributed by atoms with Gasteiger partial charge in [-0.1, -0.05) is 24.3 Å². The highest BCUT2D eigenvalue weighted by atomic mass is 32.2. The highest BCUT2D eigenvalue weighted by molar-refractivity contribution is 7.89. The Morgan fingerprint density at radius 3 is 2.56 bits per heavy atom. The second kappa shape index (κ2) is 7.38. The van der Waals surface area contributed by atoms with Crippen LogP contribution >= 0.6 is 0 Å². The quantitative estimate of drug-likeness (QED) is 0.479. The van der Waals surface area contributed by atoms with Crippen molar-refractivity contribution in [2.24, 2.45) is 0 Å². The van der Waals surface area contributed by atoms with Crippen molar-refractivity contribution in [3.8, 4) is 5.75 Å². The van der Waals surface area contributed by atoms with E-state index in [0.717, 1.165) is 9.69 Å². The Morgan fingerprint density at radius 2 is 1.85 bits per heavy atom. The number of fused-ring (bicyclic) bond motifs is 1. The summed E-state index contributed by atoms with van der Waals surface area (Å²) >= 11 is 0. The molecule has 27 heavy (non-hydrogen) atoms. The molecule has 0 aliphatic carbocycles. The van der Waals surface area contributed by atoms with Crippen LogP contribution in [0, 0.1) is 0 Å². The zero-order valence-electron chi connectivity index (χ0n) is 15.2. The lowest BCUT2D eigenvalue weighted by Crippen LogP contribution is -2.22. The van der Waals surface area contributed by atoms with E-state index in [2.05, 4.69) is 0 Å². The number of allylic oxidation sites excluding steroid dienone is 1. The van der Waals surface area contributed by atoms with Gasteiger partial charge in [-0.2, -0.15) is 0 Å². The number of benzene rings is 2. The minimum atomic E-state index is -3.60. The average molecular weight is 385 g/mol. The lowest BCUT2D eigenvalue weighted by Gasteiger charge is -2.11. The number of rotatable bonds is 6. The molecule has 0 amide bonds. The molecule has 6 nitrogen and oxygen atoms in total. The third kappa shape index (κ3) is 3.79. The van der Waals surface area contributed by atoms with E-state index in [1.54, 1.807) is 37.5 Å². The zero-order chi connectivity index (χ0) is 19.6. The van der Waals surface area contributed by atoms with Gasteiger partial charge in [0.15, 0.2) is 17.1 Å². The first-order chi connectivity index (χ1) is 12.8. The molecule has 0 atom stereocenters. The van der Waals surface area contributed by atoms with Crippen molar-refractivity contribution in [2.45, 2.75) is 4.90 Å². The fourth-order valence-electron chi connectivity index (χ4n) is 2.57. The van der Waals surface area contributed by atoms with Crippen molar-refractivity contribution < 1.29 is 22.4 Å².